The predicted octanol–water partition coefficient (Wildman–Crippen LogP) is 3.09. The largest absolute Gasteiger partial charge is 0.495 e. The Labute approximate surface area is 169 Å². The van der Waals surface area contributed by atoms with Crippen molar-refractivity contribution in [2.24, 2.45) is 5.92 Å². The Morgan fingerprint density at radius 1 is 1.32 bits per heavy atom. The highest BCUT2D eigenvalue weighted by molar-refractivity contribution is 6.31. The summed E-state index contributed by atoms with van der Waals surface area (Å²) in [4.78, 5) is 31.9. The van der Waals surface area contributed by atoms with Crippen LogP contribution in [0.25, 0.3) is 0 Å². The minimum Gasteiger partial charge on any atom is -0.495 e. The molecule has 1 aromatic carbocycles. The zero-order valence-corrected chi connectivity index (χ0v) is 17.1. The highest BCUT2D eigenvalue weighted by Gasteiger charge is 2.22. The third-order valence-corrected chi connectivity index (χ3v) is 5.16. The molecule has 28 heavy (non-hydrogen) atoms. The number of rotatable bonds is 5. The van der Waals surface area contributed by atoms with E-state index in [2.05, 4.69) is 22.1 Å². The van der Waals surface area contributed by atoms with Crippen molar-refractivity contribution in [3.05, 3.63) is 45.3 Å². The number of carbonyl (C=O) groups excluding carboxylic acids is 1. The molecule has 150 valence electrons. The number of ether oxygens (including phenoxy) is 1. The van der Waals surface area contributed by atoms with Gasteiger partial charge in [0.05, 0.1) is 12.8 Å². The van der Waals surface area contributed by atoms with Crippen molar-refractivity contribution in [2.75, 3.05) is 30.4 Å². The number of piperidine rings is 1. The molecule has 0 unspecified atom stereocenters. The molecule has 2 aromatic rings. The molecule has 0 saturated carbocycles. The molecule has 1 aliphatic rings. The van der Waals surface area contributed by atoms with E-state index in [0.717, 1.165) is 25.9 Å². The van der Waals surface area contributed by atoms with Crippen molar-refractivity contribution in [2.45, 2.75) is 33.2 Å². The van der Waals surface area contributed by atoms with Gasteiger partial charge in [-0.1, -0.05) is 18.5 Å². The van der Waals surface area contributed by atoms with Gasteiger partial charge in [-0.15, -0.1) is 0 Å². The molecule has 1 fully saturated rings. The van der Waals surface area contributed by atoms with Crippen molar-refractivity contribution in [3.8, 4) is 5.75 Å². The van der Waals surface area contributed by atoms with E-state index in [-0.39, 0.29) is 18.0 Å². The molecule has 0 radical (unpaired) electrons. The standard InChI is InChI=1S/C20H25ClN4O3/c1-13-6-8-24(9-7-13)20-22-14(2)10-19(27)25(20)12-18(26)23-16-11-15(21)4-5-17(16)28-3/h4-5,10-11,13H,6-9,12H2,1-3H3,(H,23,26). The first-order valence-electron chi connectivity index (χ1n) is 9.34. The number of anilines is 2. The third-order valence-electron chi connectivity index (χ3n) is 4.92. The van der Waals surface area contributed by atoms with Gasteiger partial charge in [-0.25, -0.2) is 4.98 Å². The molecule has 1 aliphatic heterocycles. The summed E-state index contributed by atoms with van der Waals surface area (Å²) < 4.78 is 6.68. The maximum absolute atomic E-state index is 12.7. The van der Waals surface area contributed by atoms with Crippen LogP contribution in [-0.2, 0) is 11.3 Å². The van der Waals surface area contributed by atoms with E-state index in [1.165, 1.54) is 17.7 Å². The Kier molecular flexibility index (Phi) is 6.24. The van der Waals surface area contributed by atoms with Gasteiger partial charge >= 0.3 is 0 Å². The molecule has 7 nitrogen and oxygen atoms in total. The lowest BCUT2D eigenvalue weighted by atomic mass is 10.00. The Bertz CT molecular complexity index is 920. The molecule has 0 aliphatic carbocycles. The van der Waals surface area contributed by atoms with Crippen LogP contribution in [0.3, 0.4) is 0 Å². The van der Waals surface area contributed by atoms with Gasteiger partial charge in [0.15, 0.2) is 0 Å². The van der Waals surface area contributed by atoms with E-state index in [1.54, 1.807) is 25.1 Å². The van der Waals surface area contributed by atoms with Gasteiger partial charge in [0.1, 0.15) is 12.3 Å². The summed E-state index contributed by atoms with van der Waals surface area (Å²) in [6.07, 6.45) is 2.07. The number of carbonyl (C=O) groups is 1. The fourth-order valence-corrected chi connectivity index (χ4v) is 3.49. The molecule has 2 heterocycles. The Morgan fingerprint density at radius 2 is 2.04 bits per heavy atom. The number of hydrogen-bond acceptors (Lipinski definition) is 5. The van der Waals surface area contributed by atoms with Crippen LogP contribution in [0.1, 0.15) is 25.5 Å². The molecule has 3 rings (SSSR count). The van der Waals surface area contributed by atoms with Gasteiger partial charge in [0.25, 0.3) is 5.56 Å². The van der Waals surface area contributed by atoms with Crippen molar-refractivity contribution >= 4 is 29.1 Å². The fraction of sp³-hybridized carbons (Fsp3) is 0.450. The van der Waals surface area contributed by atoms with Gasteiger partial charge in [-0.05, 0) is 43.9 Å². The molecule has 1 saturated heterocycles. The predicted molar refractivity (Wildman–Crippen MR) is 110 cm³/mol. The van der Waals surface area contributed by atoms with Gasteiger partial charge in [-0.3, -0.25) is 14.2 Å². The summed E-state index contributed by atoms with van der Waals surface area (Å²) in [6, 6.07) is 6.42. The van der Waals surface area contributed by atoms with E-state index < -0.39 is 0 Å². The van der Waals surface area contributed by atoms with Crippen LogP contribution in [0.5, 0.6) is 5.75 Å². The normalized spacial score (nSPS) is 14.8. The van der Waals surface area contributed by atoms with E-state index in [0.29, 0.717) is 34.0 Å². The minimum absolute atomic E-state index is 0.136. The zero-order chi connectivity index (χ0) is 20.3. The number of aromatic nitrogens is 2. The molecule has 0 atom stereocenters. The maximum Gasteiger partial charge on any atom is 0.255 e. The van der Waals surface area contributed by atoms with Crippen molar-refractivity contribution in [1.82, 2.24) is 9.55 Å². The lowest BCUT2D eigenvalue weighted by molar-refractivity contribution is -0.116. The smallest absolute Gasteiger partial charge is 0.255 e. The Morgan fingerprint density at radius 3 is 2.71 bits per heavy atom. The topological polar surface area (TPSA) is 76.5 Å². The van der Waals surface area contributed by atoms with E-state index in [1.807, 2.05) is 0 Å². The molecule has 8 heteroatoms. The first kappa shape index (κ1) is 20.2. The maximum atomic E-state index is 12.7. The summed E-state index contributed by atoms with van der Waals surface area (Å²) in [6.45, 7) is 5.52. The second kappa shape index (κ2) is 8.65. The lowest BCUT2D eigenvalue weighted by Gasteiger charge is -2.32. The van der Waals surface area contributed by atoms with Crippen molar-refractivity contribution in [1.29, 1.82) is 0 Å². The van der Waals surface area contributed by atoms with Crippen LogP contribution < -0.4 is 20.5 Å². The highest BCUT2D eigenvalue weighted by atomic mass is 35.5. The molecule has 1 aromatic heterocycles. The summed E-state index contributed by atoms with van der Waals surface area (Å²) in [7, 11) is 1.52. The molecule has 0 spiro atoms. The monoisotopic (exact) mass is 404 g/mol. The molecular formula is C20H25ClN4O3. The lowest BCUT2D eigenvalue weighted by Crippen LogP contribution is -2.39. The minimum atomic E-state index is -0.347. The third kappa shape index (κ3) is 4.65. The summed E-state index contributed by atoms with van der Waals surface area (Å²) >= 11 is 6.02. The van der Waals surface area contributed by atoms with Gasteiger partial charge in [0.2, 0.25) is 11.9 Å². The SMILES string of the molecule is COc1ccc(Cl)cc1NC(=O)Cn1c(N2CCC(C)CC2)nc(C)cc1=O. The van der Waals surface area contributed by atoms with Gasteiger partial charge in [0, 0.05) is 29.9 Å². The van der Waals surface area contributed by atoms with Crippen LogP contribution in [0, 0.1) is 12.8 Å². The summed E-state index contributed by atoms with van der Waals surface area (Å²) in [5.41, 5.74) is 0.864. The first-order valence-corrected chi connectivity index (χ1v) is 9.72. The number of halogens is 1. The number of nitrogens with zero attached hydrogens (tertiary/aromatic N) is 3. The molecule has 1 amide bonds. The number of aryl methyl sites for hydroxylation is 1. The fourth-order valence-electron chi connectivity index (χ4n) is 3.32. The van der Waals surface area contributed by atoms with Crippen LogP contribution >= 0.6 is 11.6 Å². The van der Waals surface area contributed by atoms with Crippen LogP contribution in [-0.4, -0.2) is 35.7 Å². The second-order valence-corrected chi connectivity index (χ2v) is 7.62. The number of hydrogen-bond donors (Lipinski definition) is 1. The van der Waals surface area contributed by atoms with E-state index in [9.17, 15) is 9.59 Å². The van der Waals surface area contributed by atoms with Crippen LogP contribution in [0.2, 0.25) is 5.02 Å². The number of nitrogens with one attached hydrogen (secondary N) is 1. The average Bonchev–Trinajstić information content (AvgIpc) is 2.64. The van der Waals surface area contributed by atoms with Crippen molar-refractivity contribution in [3.63, 3.8) is 0 Å². The summed E-state index contributed by atoms with van der Waals surface area (Å²) in [5, 5.41) is 3.26. The van der Waals surface area contributed by atoms with Gasteiger partial charge < -0.3 is 15.0 Å². The van der Waals surface area contributed by atoms with Crippen molar-refractivity contribution < 1.29 is 9.53 Å². The average molecular weight is 405 g/mol. The number of methoxy groups -OCH3 is 1. The van der Waals surface area contributed by atoms with Gasteiger partial charge in [-0.2, -0.15) is 0 Å². The van der Waals surface area contributed by atoms with E-state index >= 15 is 0 Å². The molecular weight excluding hydrogens is 380 g/mol. The van der Waals surface area contributed by atoms with Crippen LogP contribution in [0.4, 0.5) is 11.6 Å². The molecule has 0 bridgehead atoms. The highest BCUT2D eigenvalue weighted by Crippen LogP contribution is 2.28. The summed E-state index contributed by atoms with van der Waals surface area (Å²) in [5.74, 6) is 1.35. The zero-order valence-electron chi connectivity index (χ0n) is 16.4. The first-order chi connectivity index (χ1) is 13.4. The Hall–Kier alpha value is -2.54. The molecule has 1 N–H and O–H groups in total. The van der Waals surface area contributed by atoms with E-state index in [4.69, 9.17) is 16.3 Å². The quantitative estimate of drug-likeness (QED) is 0.828. The number of benzene rings is 1. The number of amides is 1. The van der Waals surface area contributed by atoms with Crippen LogP contribution in [0.15, 0.2) is 29.1 Å². The second-order valence-electron chi connectivity index (χ2n) is 7.18. The Balaban J connectivity index is 1.85.